The molecule has 4 heteroatoms. The Balaban J connectivity index is 2.45. The first-order valence-corrected chi connectivity index (χ1v) is 6.28. The lowest BCUT2D eigenvalue weighted by atomic mass is 9.95. The van der Waals surface area contributed by atoms with Crippen LogP contribution in [-0.4, -0.2) is 17.6 Å². The maximum Gasteiger partial charge on any atom is 0.334 e. The molecule has 1 aromatic rings. The third-order valence-electron chi connectivity index (χ3n) is 2.70. The Hall–Kier alpha value is -1.61. The third kappa shape index (κ3) is 2.79. The van der Waals surface area contributed by atoms with Gasteiger partial charge in [0.2, 0.25) is 0 Å². The van der Waals surface area contributed by atoms with E-state index < -0.39 is 0 Å². The minimum atomic E-state index is -0.279. The molecule has 94 valence electrons. The first-order valence-electron chi connectivity index (χ1n) is 5.90. The number of halogens is 1. The van der Waals surface area contributed by atoms with Crippen LogP contribution in [0.25, 0.3) is 5.57 Å². The van der Waals surface area contributed by atoms with Gasteiger partial charge in [-0.1, -0.05) is 17.7 Å². The van der Waals surface area contributed by atoms with Crippen molar-refractivity contribution in [1.29, 1.82) is 0 Å². The lowest BCUT2D eigenvalue weighted by Gasteiger charge is -2.16. The monoisotopic (exact) mass is 263 g/mol. The second-order valence-electron chi connectivity index (χ2n) is 3.92. The fourth-order valence-electron chi connectivity index (χ4n) is 1.88. The second kappa shape index (κ2) is 5.83. The van der Waals surface area contributed by atoms with Gasteiger partial charge in [0, 0.05) is 22.4 Å². The molecular formula is C14H14ClNO2. The number of hydrogen-bond acceptors (Lipinski definition) is 3. The van der Waals surface area contributed by atoms with Crippen LogP contribution in [0.2, 0.25) is 0 Å². The van der Waals surface area contributed by atoms with E-state index in [1.807, 2.05) is 18.2 Å². The summed E-state index contributed by atoms with van der Waals surface area (Å²) in [5, 5.41) is 0.740. The number of carbonyl (C=O) groups excluding carboxylic acids is 1. The summed E-state index contributed by atoms with van der Waals surface area (Å²) < 4.78 is 5.07. The molecule has 2 rings (SSSR count). The zero-order valence-electron chi connectivity index (χ0n) is 10.1. The number of rotatable bonds is 3. The van der Waals surface area contributed by atoms with Gasteiger partial charge in [-0.25, -0.2) is 4.79 Å². The zero-order valence-corrected chi connectivity index (χ0v) is 10.9. The minimum absolute atomic E-state index is 0.279. The molecule has 0 N–H and O–H groups in total. The normalized spacial score (nSPS) is 15.3. The largest absolute Gasteiger partial charge is 0.463 e. The lowest BCUT2D eigenvalue weighted by Crippen LogP contribution is -2.12. The van der Waals surface area contributed by atoms with E-state index in [4.69, 9.17) is 16.3 Å². The van der Waals surface area contributed by atoms with Gasteiger partial charge in [0.15, 0.2) is 0 Å². The Morgan fingerprint density at radius 1 is 1.44 bits per heavy atom. The number of allylic oxidation sites excluding steroid dienone is 3. The van der Waals surface area contributed by atoms with Crippen molar-refractivity contribution in [2.75, 3.05) is 6.61 Å². The lowest BCUT2D eigenvalue weighted by molar-refractivity contribution is -0.138. The summed E-state index contributed by atoms with van der Waals surface area (Å²) in [4.78, 5) is 16.2. The number of nitrogens with zero attached hydrogens (tertiary/aromatic N) is 1. The van der Waals surface area contributed by atoms with Crippen molar-refractivity contribution < 1.29 is 9.53 Å². The maximum absolute atomic E-state index is 11.9. The fourth-order valence-corrected chi connectivity index (χ4v) is 2.08. The maximum atomic E-state index is 11.9. The molecule has 0 bridgehead atoms. The Labute approximate surface area is 111 Å². The first kappa shape index (κ1) is 12.8. The highest BCUT2D eigenvalue weighted by atomic mass is 35.5. The van der Waals surface area contributed by atoms with Gasteiger partial charge in [0.25, 0.3) is 0 Å². The zero-order chi connectivity index (χ0) is 13.0. The first-order chi connectivity index (χ1) is 8.72. The number of carbonyl (C=O) groups is 1. The Bertz CT molecular complexity index is 506. The predicted octanol–water partition coefficient (Wildman–Crippen LogP) is 3.31. The van der Waals surface area contributed by atoms with E-state index in [0.29, 0.717) is 25.0 Å². The molecule has 1 aliphatic carbocycles. The van der Waals surface area contributed by atoms with Gasteiger partial charge in [0.1, 0.15) is 0 Å². The fraction of sp³-hybridized carbons (Fsp3) is 0.286. The van der Waals surface area contributed by atoms with E-state index in [-0.39, 0.29) is 5.97 Å². The summed E-state index contributed by atoms with van der Waals surface area (Å²) in [6, 6.07) is 5.58. The van der Waals surface area contributed by atoms with E-state index in [2.05, 4.69) is 4.98 Å². The van der Waals surface area contributed by atoms with Gasteiger partial charge < -0.3 is 4.74 Å². The number of hydrogen-bond donors (Lipinski definition) is 0. The molecule has 1 heterocycles. The van der Waals surface area contributed by atoms with Gasteiger partial charge >= 0.3 is 5.97 Å². The van der Waals surface area contributed by atoms with Crippen molar-refractivity contribution in [3.05, 3.63) is 46.8 Å². The number of ether oxygens (including phenoxy) is 1. The number of esters is 1. The summed E-state index contributed by atoms with van der Waals surface area (Å²) in [5.41, 5.74) is 2.17. The SMILES string of the molecule is CCOC(=O)C1=C(c2ccccn2)C=C(Cl)CC1. The van der Waals surface area contributed by atoms with Crippen molar-refractivity contribution in [2.24, 2.45) is 0 Å². The minimum Gasteiger partial charge on any atom is -0.463 e. The highest BCUT2D eigenvalue weighted by Crippen LogP contribution is 2.32. The van der Waals surface area contributed by atoms with Gasteiger partial charge in [0.05, 0.1) is 12.3 Å². The van der Waals surface area contributed by atoms with Crippen LogP contribution in [0.1, 0.15) is 25.5 Å². The molecular weight excluding hydrogens is 250 g/mol. The number of pyridine rings is 1. The van der Waals surface area contributed by atoms with Gasteiger partial charge in [-0.2, -0.15) is 0 Å². The third-order valence-corrected chi connectivity index (χ3v) is 3.00. The molecule has 0 spiro atoms. The molecule has 1 aliphatic rings. The van der Waals surface area contributed by atoms with Crippen molar-refractivity contribution in [3.63, 3.8) is 0 Å². The topological polar surface area (TPSA) is 39.2 Å². The van der Waals surface area contributed by atoms with E-state index >= 15 is 0 Å². The molecule has 0 fully saturated rings. The molecule has 0 aromatic carbocycles. The molecule has 0 saturated heterocycles. The average Bonchev–Trinajstić information content (AvgIpc) is 2.40. The molecule has 0 amide bonds. The Morgan fingerprint density at radius 2 is 2.28 bits per heavy atom. The molecule has 18 heavy (non-hydrogen) atoms. The van der Waals surface area contributed by atoms with Gasteiger partial charge in [-0.3, -0.25) is 4.98 Å². The molecule has 3 nitrogen and oxygen atoms in total. The molecule has 0 aliphatic heterocycles. The van der Waals surface area contributed by atoms with Crippen LogP contribution in [0.15, 0.2) is 41.1 Å². The smallest absolute Gasteiger partial charge is 0.334 e. The summed E-state index contributed by atoms with van der Waals surface area (Å²) in [5.74, 6) is -0.279. The Morgan fingerprint density at radius 3 is 2.94 bits per heavy atom. The van der Waals surface area contributed by atoms with Gasteiger partial charge in [-0.15, -0.1) is 0 Å². The molecule has 0 radical (unpaired) electrons. The van der Waals surface area contributed by atoms with Crippen molar-refractivity contribution in [3.8, 4) is 0 Å². The van der Waals surface area contributed by atoms with Crippen LogP contribution >= 0.6 is 11.6 Å². The molecule has 0 unspecified atom stereocenters. The van der Waals surface area contributed by atoms with Crippen LogP contribution in [0.5, 0.6) is 0 Å². The standard InChI is InChI=1S/C14H14ClNO2/c1-2-18-14(17)11-7-6-10(15)9-12(11)13-5-3-4-8-16-13/h3-5,8-9H,2,6-7H2,1H3. The number of aromatic nitrogens is 1. The highest BCUT2D eigenvalue weighted by Gasteiger charge is 2.21. The van der Waals surface area contributed by atoms with Crippen LogP contribution in [-0.2, 0) is 9.53 Å². The van der Waals surface area contributed by atoms with Crippen molar-refractivity contribution >= 4 is 23.1 Å². The summed E-state index contributed by atoms with van der Waals surface area (Å²) >= 11 is 6.06. The van der Waals surface area contributed by atoms with E-state index in [9.17, 15) is 4.79 Å². The average molecular weight is 264 g/mol. The van der Waals surface area contributed by atoms with Crippen molar-refractivity contribution in [1.82, 2.24) is 4.98 Å². The Kier molecular flexibility index (Phi) is 4.15. The quantitative estimate of drug-likeness (QED) is 0.786. The predicted molar refractivity (Wildman–Crippen MR) is 71.0 cm³/mol. The van der Waals surface area contributed by atoms with Crippen molar-refractivity contribution in [2.45, 2.75) is 19.8 Å². The second-order valence-corrected chi connectivity index (χ2v) is 4.40. The van der Waals surface area contributed by atoms with Crippen LogP contribution in [0.3, 0.4) is 0 Å². The van der Waals surface area contributed by atoms with Gasteiger partial charge in [-0.05, 0) is 38.0 Å². The van der Waals surface area contributed by atoms with Crippen LogP contribution < -0.4 is 0 Å². The summed E-state index contributed by atoms with van der Waals surface area (Å²) in [7, 11) is 0. The van der Waals surface area contributed by atoms with E-state index in [0.717, 1.165) is 16.3 Å². The molecule has 0 atom stereocenters. The molecule has 0 saturated carbocycles. The van der Waals surface area contributed by atoms with E-state index in [1.165, 1.54) is 0 Å². The molecule has 1 aromatic heterocycles. The van der Waals surface area contributed by atoms with Crippen LogP contribution in [0.4, 0.5) is 0 Å². The summed E-state index contributed by atoms with van der Waals surface area (Å²) in [6.07, 6.45) is 4.77. The summed E-state index contributed by atoms with van der Waals surface area (Å²) in [6.45, 7) is 2.17. The van der Waals surface area contributed by atoms with Crippen LogP contribution in [0, 0.1) is 0 Å². The highest BCUT2D eigenvalue weighted by molar-refractivity contribution is 6.30. The van der Waals surface area contributed by atoms with E-state index in [1.54, 1.807) is 19.2 Å².